The van der Waals surface area contributed by atoms with Crippen LogP contribution < -0.4 is 10.2 Å². The van der Waals surface area contributed by atoms with E-state index in [-0.39, 0.29) is 5.91 Å². The van der Waals surface area contributed by atoms with Crippen LogP contribution in [0.1, 0.15) is 19.8 Å². The van der Waals surface area contributed by atoms with Gasteiger partial charge in [-0.15, -0.1) is 0 Å². The SMILES string of the molecule is CC(OCC1CC1)C(=O)Nc1ccc(N2CCOCC2)nc1. The summed E-state index contributed by atoms with van der Waals surface area (Å²) in [5.41, 5.74) is 0.698. The molecule has 1 aliphatic carbocycles. The molecule has 0 spiro atoms. The first-order valence-electron chi connectivity index (χ1n) is 7.93. The molecule has 1 atom stereocenters. The molecule has 6 nitrogen and oxygen atoms in total. The van der Waals surface area contributed by atoms with E-state index in [0.29, 0.717) is 18.2 Å². The number of pyridine rings is 1. The summed E-state index contributed by atoms with van der Waals surface area (Å²) < 4.78 is 10.9. The van der Waals surface area contributed by atoms with E-state index < -0.39 is 6.10 Å². The van der Waals surface area contributed by atoms with Crippen LogP contribution in [0.4, 0.5) is 11.5 Å². The Hall–Kier alpha value is -1.66. The van der Waals surface area contributed by atoms with Crippen LogP contribution in [0.5, 0.6) is 0 Å². The van der Waals surface area contributed by atoms with Gasteiger partial charge in [0.2, 0.25) is 0 Å². The van der Waals surface area contributed by atoms with E-state index >= 15 is 0 Å². The molecule has 2 aliphatic rings. The van der Waals surface area contributed by atoms with Crippen molar-refractivity contribution in [3.05, 3.63) is 18.3 Å². The second-order valence-corrected chi connectivity index (χ2v) is 5.91. The zero-order valence-corrected chi connectivity index (χ0v) is 13.0. The van der Waals surface area contributed by atoms with Gasteiger partial charge in [-0.2, -0.15) is 0 Å². The topological polar surface area (TPSA) is 63.7 Å². The largest absolute Gasteiger partial charge is 0.378 e. The standard InChI is InChI=1S/C16H23N3O3/c1-12(22-11-13-2-3-13)16(20)18-14-4-5-15(17-10-14)19-6-8-21-9-7-19/h4-5,10,12-13H,2-3,6-9,11H2,1H3,(H,18,20). The van der Waals surface area contributed by atoms with Crippen LogP contribution in [0, 0.1) is 5.92 Å². The van der Waals surface area contributed by atoms with Crippen molar-refractivity contribution in [2.24, 2.45) is 5.92 Å². The number of carbonyl (C=O) groups excluding carboxylic acids is 1. The number of ether oxygens (including phenoxy) is 2. The number of rotatable bonds is 6. The number of aromatic nitrogens is 1. The minimum atomic E-state index is -0.431. The number of carbonyl (C=O) groups is 1. The van der Waals surface area contributed by atoms with Gasteiger partial charge in [-0.1, -0.05) is 0 Å². The van der Waals surface area contributed by atoms with E-state index in [1.807, 2.05) is 12.1 Å². The Kier molecular flexibility index (Phi) is 4.90. The van der Waals surface area contributed by atoms with Gasteiger partial charge in [0.1, 0.15) is 11.9 Å². The van der Waals surface area contributed by atoms with Gasteiger partial charge in [0.15, 0.2) is 0 Å². The van der Waals surface area contributed by atoms with Crippen molar-refractivity contribution < 1.29 is 14.3 Å². The van der Waals surface area contributed by atoms with E-state index in [2.05, 4.69) is 15.2 Å². The quantitative estimate of drug-likeness (QED) is 0.866. The van der Waals surface area contributed by atoms with Gasteiger partial charge in [0, 0.05) is 13.1 Å². The molecule has 6 heteroatoms. The van der Waals surface area contributed by atoms with Crippen LogP contribution in [-0.4, -0.2) is 49.9 Å². The number of morpholine rings is 1. The molecule has 0 radical (unpaired) electrons. The van der Waals surface area contributed by atoms with Crippen LogP contribution in [0.25, 0.3) is 0 Å². The lowest BCUT2D eigenvalue weighted by atomic mass is 10.3. The van der Waals surface area contributed by atoms with E-state index in [0.717, 1.165) is 32.1 Å². The van der Waals surface area contributed by atoms with Crippen LogP contribution >= 0.6 is 0 Å². The van der Waals surface area contributed by atoms with Gasteiger partial charge in [-0.25, -0.2) is 4.98 Å². The summed E-state index contributed by atoms with van der Waals surface area (Å²) in [4.78, 5) is 18.6. The summed E-state index contributed by atoms with van der Waals surface area (Å²) in [6.07, 6.45) is 3.71. The number of hydrogen-bond acceptors (Lipinski definition) is 5. The van der Waals surface area contributed by atoms with Crippen LogP contribution in [0.3, 0.4) is 0 Å². The Bertz CT molecular complexity index is 496. The molecule has 1 aromatic heterocycles. The molecule has 120 valence electrons. The predicted octanol–water partition coefficient (Wildman–Crippen LogP) is 1.67. The van der Waals surface area contributed by atoms with Gasteiger partial charge < -0.3 is 19.7 Å². The summed E-state index contributed by atoms with van der Waals surface area (Å²) in [6, 6.07) is 3.81. The molecule has 1 aromatic rings. The number of nitrogens with zero attached hydrogens (tertiary/aromatic N) is 2. The van der Waals surface area contributed by atoms with Crippen LogP contribution in [-0.2, 0) is 14.3 Å². The van der Waals surface area contributed by atoms with Crippen LogP contribution in [0.2, 0.25) is 0 Å². The Morgan fingerprint density at radius 1 is 1.45 bits per heavy atom. The van der Waals surface area contributed by atoms with Crippen molar-refractivity contribution in [2.75, 3.05) is 43.1 Å². The second kappa shape index (κ2) is 7.07. The number of nitrogens with one attached hydrogen (secondary N) is 1. The third-order valence-electron chi connectivity index (χ3n) is 4.00. The maximum Gasteiger partial charge on any atom is 0.253 e. The Morgan fingerprint density at radius 2 is 2.23 bits per heavy atom. The first-order chi connectivity index (χ1) is 10.7. The molecule has 3 rings (SSSR count). The van der Waals surface area contributed by atoms with Crippen molar-refractivity contribution in [3.63, 3.8) is 0 Å². The number of hydrogen-bond donors (Lipinski definition) is 1. The molecule has 1 unspecified atom stereocenters. The maximum atomic E-state index is 12.0. The molecule has 1 N–H and O–H groups in total. The summed E-state index contributed by atoms with van der Waals surface area (Å²) in [5.74, 6) is 1.45. The van der Waals surface area contributed by atoms with Gasteiger partial charge in [0.25, 0.3) is 5.91 Å². The first-order valence-corrected chi connectivity index (χ1v) is 7.93. The summed E-state index contributed by atoms with van der Waals surface area (Å²) in [7, 11) is 0. The van der Waals surface area contributed by atoms with E-state index in [4.69, 9.17) is 9.47 Å². The minimum absolute atomic E-state index is 0.124. The molecule has 22 heavy (non-hydrogen) atoms. The number of anilines is 2. The third kappa shape index (κ3) is 4.18. The third-order valence-corrected chi connectivity index (χ3v) is 4.00. The molecule has 1 amide bonds. The zero-order valence-electron chi connectivity index (χ0n) is 13.0. The molecular formula is C16H23N3O3. The Labute approximate surface area is 130 Å². The highest BCUT2D eigenvalue weighted by atomic mass is 16.5. The normalized spacial score (nSPS) is 19.8. The molecule has 1 aliphatic heterocycles. The first kappa shape index (κ1) is 15.2. The summed E-state index contributed by atoms with van der Waals surface area (Å²) in [5, 5.41) is 2.85. The van der Waals surface area contributed by atoms with Gasteiger partial charge >= 0.3 is 0 Å². The fourth-order valence-corrected chi connectivity index (χ4v) is 2.32. The maximum absolute atomic E-state index is 12.0. The predicted molar refractivity (Wildman–Crippen MR) is 84.0 cm³/mol. The molecule has 2 heterocycles. The average molecular weight is 305 g/mol. The number of amides is 1. The molecular weight excluding hydrogens is 282 g/mol. The molecule has 2 fully saturated rings. The lowest BCUT2D eigenvalue weighted by molar-refractivity contribution is -0.126. The second-order valence-electron chi connectivity index (χ2n) is 5.91. The highest BCUT2D eigenvalue weighted by Gasteiger charge is 2.24. The van der Waals surface area contributed by atoms with E-state index in [1.54, 1.807) is 13.1 Å². The lowest BCUT2D eigenvalue weighted by Gasteiger charge is -2.27. The Morgan fingerprint density at radius 3 is 2.86 bits per heavy atom. The lowest BCUT2D eigenvalue weighted by Crippen LogP contribution is -2.36. The van der Waals surface area contributed by atoms with Gasteiger partial charge in [-0.05, 0) is 37.8 Å². The van der Waals surface area contributed by atoms with E-state index in [1.165, 1.54) is 12.8 Å². The molecule has 1 saturated heterocycles. The highest BCUT2D eigenvalue weighted by molar-refractivity contribution is 5.93. The zero-order chi connectivity index (χ0) is 15.4. The van der Waals surface area contributed by atoms with Gasteiger partial charge in [-0.3, -0.25) is 4.79 Å². The summed E-state index contributed by atoms with van der Waals surface area (Å²) >= 11 is 0. The fraction of sp³-hybridized carbons (Fsp3) is 0.625. The smallest absolute Gasteiger partial charge is 0.253 e. The monoisotopic (exact) mass is 305 g/mol. The molecule has 0 bridgehead atoms. The minimum Gasteiger partial charge on any atom is -0.378 e. The van der Waals surface area contributed by atoms with Crippen molar-refractivity contribution in [1.29, 1.82) is 0 Å². The summed E-state index contributed by atoms with van der Waals surface area (Å²) in [6.45, 7) is 5.64. The van der Waals surface area contributed by atoms with E-state index in [9.17, 15) is 4.79 Å². The molecule has 0 aromatic carbocycles. The van der Waals surface area contributed by atoms with Crippen LogP contribution in [0.15, 0.2) is 18.3 Å². The molecule has 1 saturated carbocycles. The Balaban J connectivity index is 1.49. The van der Waals surface area contributed by atoms with Crippen molar-refractivity contribution in [1.82, 2.24) is 4.98 Å². The fourth-order valence-electron chi connectivity index (χ4n) is 2.32. The average Bonchev–Trinajstić information content (AvgIpc) is 3.38. The van der Waals surface area contributed by atoms with Gasteiger partial charge in [0.05, 0.1) is 31.7 Å². The van der Waals surface area contributed by atoms with Crippen molar-refractivity contribution in [2.45, 2.75) is 25.9 Å². The van der Waals surface area contributed by atoms with Crippen molar-refractivity contribution >= 4 is 17.4 Å². The van der Waals surface area contributed by atoms with Crippen molar-refractivity contribution in [3.8, 4) is 0 Å². The highest BCUT2D eigenvalue weighted by Crippen LogP contribution is 2.29.